The standard InChI is InChI=1S/C33H32N2O/c1-33-30(25-18-10-4-11-19-25)34-22-35(31(33)26-20-12-5-13-21-26)29(24-16-8-3-9-17-24)27(32(33)36)28(34)23-14-6-2-7-15-23/h2-21,27-32,36H,22H2,1H3. The lowest BCUT2D eigenvalue weighted by atomic mass is 9.52. The van der Waals surface area contributed by atoms with Crippen LogP contribution in [0.25, 0.3) is 0 Å². The van der Waals surface area contributed by atoms with Crippen molar-refractivity contribution in [3.05, 3.63) is 144 Å². The number of aliphatic hydroxyl groups excluding tert-OH is 1. The zero-order chi connectivity index (χ0) is 24.3. The third-order valence-electron chi connectivity index (χ3n) is 9.13. The molecule has 4 aromatic rings. The first kappa shape index (κ1) is 22.0. The zero-order valence-corrected chi connectivity index (χ0v) is 20.6. The van der Waals surface area contributed by atoms with Gasteiger partial charge in [0.2, 0.25) is 0 Å². The second kappa shape index (κ2) is 8.41. The van der Waals surface area contributed by atoms with Gasteiger partial charge in [-0.05, 0) is 22.3 Å². The lowest BCUT2D eigenvalue weighted by molar-refractivity contribution is -0.300. The lowest BCUT2D eigenvalue weighted by Crippen LogP contribution is -2.75. The van der Waals surface area contributed by atoms with Gasteiger partial charge in [-0.2, -0.15) is 0 Å². The van der Waals surface area contributed by atoms with E-state index in [1.54, 1.807) is 0 Å². The molecule has 0 amide bonds. The Labute approximate surface area is 213 Å². The quantitative estimate of drug-likeness (QED) is 0.365. The summed E-state index contributed by atoms with van der Waals surface area (Å²) in [5, 5.41) is 12.6. The van der Waals surface area contributed by atoms with Crippen LogP contribution in [0.3, 0.4) is 0 Å². The molecule has 4 heterocycles. The van der Waals surface area contributed by atoms with E-state index in [-0.39, 0.29) is 35.5 Å². The maximum atomic E-state index is 12.6. The van der Waals surface area contributed by atoms with Crippen LogP contribution in [0.5, 0.6) is 0 Å². The van der Waals surface area contributed by atoms with E-state index >= 15 is 0 Å². The van der Waals surface area contributed by atoms with Crippen molar-refractivity contribution in [2.75, 3.05) is 6.67 Å². The molecular weight excluding hydrogens is 440 g/mol. The molecule has 0 spiro atoms. The summed E-state index contributed by atoms with van der Waals surface area (Å²) in [6, 6.07) is 43.9. The van der Waals surface area contributed by atoms with Crippen LogP contribution in [0.2, 0.25) is 0 Å². The summed E-state index contributed by atoms with van der Waals surface area (Å²) >= 11 is 0. The molecule has 8 rings (SSSR count). The molecular formula is C33H32N2O. The van der Waals surface area contributed by atoms with Gasteiger partial charge in [-0.15, -0.1) is 0 Å². The van der Waals surface area contributed by atoms with Gasteiger partial charge in [-0.25, -0.2) is 0 Å². The lowest BCUT2D eigenvalue weighted by Gasteiger charge is -2.73. The van der Waals surface area contributed by atoms with E-state index in [4.69, 9.17) is 0 Å². The number of benzene rings is 4. The van der Waals surface area contributed by atoms with Crippen molar-refractivity contribution in [2.45, 2.75) is 37.2 Å². The smallest absolute Gasteiger partial charge is 0.0695 e. The monoisotopic (exact) mass is 472 g/mol. The molecule has 3 nitrogen and oxygen atoms in total. The molecule has 36 heavy (non-hydrogen) atoms. The van der Waals surface area contributed by atoms with E-state index < -0.39 is 6.10 Å². The molecule has 3 heteroatoms. The average molecular weight is 473 g/mol. The van der Waals surface area contributed by atoms with E-state index in [9.17, 15) is 5.11 Å². The van der Waals surface area contributed by atoms with Crippen molar-refractivity contribution in [3.8, 4) is 0 Å². The number of rotatable bonds is 4. The molecule has 180 valence electrons. The van der Waals surface area contributed by atoms with Crippen molar-refractivity contribution >= 4 is 0 Å². The Kier molecular flexibility index (Phi) is 5.14. The highest BCUT2D eigenvalue weighted by molar-refractivity contribution is 5.39. The summed E-state index contributed by atoms with van der Waals surface area (Å²) in [7, 11) is 0. The molecule has 0 aliphatic carbocycles. The topological polar surface area (TPSA) is 26.7 Å². The molecule has 4 bridgehead atoms. The second-order valence-electron chi connectivity index (χ2n) is 10.9. The third kappa shape index (κ3) is 3.03. The first-order chi connectivity index (χ1) is 17.7. The van der Waals surface area contributed by atoms with Crippen molar-refractivity contribution in [1.82, 2.24) is 9.80 Å². The highest BCUT2D eigenvalue weighted by Gasteiger charge is 2.70. The molecule has 4 saturated heterocycles. The zero-order valence-electron chi connectivity index (χ0n) is 20.6. The SMILES string of the molecule is CC12C(O)C3C(c4ccccc4)N(CN(C3c3ccccc3)C1c1ccccc1)C2c1ccccc1. The Balaban J connectivity index is 1.48. The summed E-state index contributed by atoms with van der Waals surface area (Å²) in [4.78, 5) is 5.36. The molecule has 4 fully saturated rings. The molecule has 4 aliphatic heterocycles. The molecule has 0 aromatic heterocycles. The minimum Gasteiger partial charge on any atom is -0.392 e. The predicted octanol–water partition coefficient (Wildman–Crippen LogP) is 6.54. The third-order valence-corrected chi connectivity index (χ3v) is 9.13. The molecule has 0 saturated carbocycles. The first-order valence-corrected chi connectivity index (χ1v) is 13.1. The average Bonchev–Trinajstić information content (AvgIpc) is 2.93. The van der Waals surface area contributed by atoms with E-state index in [2.05, 4.69) is 138 Å². The van der Waals surface area contributed by atoms with Crippen LogP contribution in [0.1, 0.15) is 53.3 Å². The normalized spacial score (nSPS) is 36.6. The van der Waals surface area contributed by atoms with E-state index in [0.717, 1.165) is 6.67 Å². The van der Waals surface area contributed by atoms with Gasteiger partial charge in [-0.3, -0.25) is 9.80 Å². The first-order valence-electron chi connectivity index (χ1n) is 13.1. The van der Waals surface area contributed by atoms with Gasteiger partial charge in [0.1, 0.15) is 0 Å². The fourth-order valence-corrected chi connectivity index (χ4v) is 7.91. The molecule has 1 N–H and O–H groups in total. The summed E-state index contributed by atoms with van der Waals surface area (Å²) in [6.45, 7) is 3.19. The maximum Gasteiger partial charge on any atom is 0.0695 e. The van der Waals surface area contributed by atoms with Crippen molar-refractivity contribution in [1.29, 1.82) is 0 Å². The summed E-state index contributed by atoms with van der Waals surface area (Å²) in [6.07, 6.45) is -0.476. The van der Waals surface area contributed by atoms with Crippen molar-refractivity contribution in [2.24, 2.45) is 11.3 Å². The Bertz CT molecular complexity index is 1230. The van der Waals surface area contributed by atoms with Crippen LogP contribution in [0.4, 0.5) is 0 Å². The number of nitrogens with zero attached hydrogens (tertiary/aromatic N) is 2. The van der Waals surface area contributed by atoms with Gasteiger partial charge in [0.15, 0.2) is 0 Å². The minimum absolute atomic E-state index is 0.0634. The fraction of sp³-hybridized carbons (Fsp3) is 0.273. The maximum absolute atomic E-state index is 12.6. The van der Waals surface area contributed by atoms with E-state index in [0.29, 0.717) is 0 Å². The Morgan fingerprint density at radius 3 is 1.25 bits per heavy atom. The van der Waals surface area contributed by atoms with Crippen LogP contribution < -0.4 is 0 Å². The largest absolute Gasteiger partial charge is 0.392 e. The van der Waals surface area contributed by atoms with Gasteiger partial charge < -0.3 is 5.11 Å². The van der Waals surface area contributed by atoms with Crippen molar-refractivity contribution < 1.29 is 5.11 Å². The van der Waals surface area contributed by atoms with Crippen LogP contribution in [0.15, 0.2) is 121 Å². The van der Waals surface area contributed by atoms with Gasteiger partial charge >= 0.3 is 0 Å². The molecule has 7 unspecified atom stereocenters. The van der Waals surface area contributed by atoms with Gasteiger partial charge in [0.05, 0.1) is 12.8 Å². The summed E-state index contributed by atoms with van der Waals surface area (Å²) < 4.78 is 0. The van der Waals surface area contributed by atoms with Gasteiger partial charge in [0.25, 0.3) is 0 Å². The van der Waals surface area contributed by atoms with Crippen molar-refractivity contribution in [3.63, 3.8) is 0 Å². The molecule has 4 aliphatic rings. The minimum atomic E-state index is -0.476. The Morgan fingerprint density at radius 2 is 0.889 bits per heavy atom. The summed E-state index contributed by atoms with van der Waals surface area (Å²) in [5.41, 5.74) is 4.79. The highest BCUT2D eigenvalue weighted by atomic mass is 16.3. The fourth-order valence-electron chi connectivity index (χ4n) is 7.91. The van der Waals surface area contributed by atoms with E-state index in [1.165, 1.54) is 22.3 Å². The van der Waals surface area contributed by atoms with Crippen LogP contribution in [-0.2, 0) is 0 Å². The number of hydrogen-bond acceptors (Lipinski definition) is 3. The van der Waals surface area contributed by atoms with Gasteiger partial charge in [0, 0.05) is 35.5 Å². The van der Waals surface area contributed by atoms with E-state index in [1.807, 2.05) is 0 Å². The number of piperidine rings is 2. The molecule has 7 atom stereocenters. The van der Waals surface area contributed by atoms with Crippen LogP contribution in [-0.4, -0.2) is 27.7 Å². The Hall–Kier alpha value is -3.24. The Morgan fingerprint density at radius 1 is 0.556 bits per heavy atom. The van der Waals surface area contributed by atoms with Crippen LogP contribution in [0, 0.1) is 11.3 Å². The summed E-state index contributed by atoms with van der Waals surface area (Å²) in [5.74, 6) is 0.0634. The van der Waals surface area contributed by atoms with Gasteiger partial charge in [-0.1, -0.05) is 128 Å². The molecule has 0 radical (unpaired) electrons. The van der Waals surface area contributed by atoms with Crippen LogP contribution >= 0.6 is 0 Å². The number of hydrogen-bond donors (Lipinski definition) is 1. The molecule has 4 aromatic carbocycles. The predicted molar refractivity (Wildman–Crippen MR) is 143 cm³/mol. The highest BCUT2D eigenvalue weighted by Crippen LogP contribution is 2.70. The second-order valence-corrected chi connectivity index (χ2v) is 10.9. The number of aliphatic hydroxyl groups is 1.